The van der Waals surface area contributed by atoms with Crippen LogP contribution in [0.1, 0.15) is 15.9 Å². The largest absolute Gasteiger partial charge is 0.388 e. The van der Waals surface area contributed by atoms with Gasteiger partial charge in [0.05, 0.1) is 12.7 Å². The first-order valence-electron chi connectivity index (χ1n) is 6.97. The van der Waals surface area contributed by atoms with Crippen molar-refractivity contribution in [3.8, 4) is 0 Å². The molecule has 0 radical (unpaired) electrons. The van der Waals surface area contributed by atoms with Crippen molar-refractivity contribution in [2.75, 3.05) is 45.7 Å². The highest BCUT2D eigenvalue weighted by molar-refractivity contribution is 5.94. The van der Waals surface area contributed by atoms with Gasteiger partial charge in [-0.1, -0.05) is 0 Å². The Morgan fingerprint density at radius 1 is 1.50 bits per heavy atom. The van der Waals surface area contributed by atoms with Crippen molar-refractivity contribution in [1.82, 2.24) is 10.2 Å². The molecule has 1 aliphatic rings. The number of rotatable bonds is 4. The summed E-state index contributed by atoms with van der Waals surface area (Å²) in [6.45, 7) is 5.08. The Kier molecular flexibility index (Phi) is 4.98. The van der Waals surface area contributed by atoms with Crippen molar-refractivity contribution in [3.63, 3.8) is 0 Å². The zero-order chi connectivity index (χ0) is 14.5. The molecule has 5 nitrogen and oxygen atoms in total. The second kappa shape index (κ2) is 6.72. The number of nitrogens with one attached hydrogen (secondary N) is 2. The Morgan fingerprint density at radius 2 is 2.30 bits per heavy atom. The number of carbonyl (C=O) groups excluding carboxylic acids is 1. The third-order valence-electron chi connectivity index (χ3n) is 3.59. The normalized spacial score (nSPS) is 19.6. The summed E-state index contributed by atoms with van der Waals surface area (Å²) in [6, 6.07) is 5.66. The minimum atomic E-state index is -0.0485. The summed E-state index contributed by atoms with van der Waals surface area (Å²) in [5.41, 5.74) is 2.79. The van der Waals surface area contributed by atoms with Crippen molar-refractivity contribution in [2.45, 2.75) is 13.0 Å². The summed E-state index contributed by atoms with van der Waals surface area (Å²) in [6.07, 6.45) is 0.0791. The fraction of sp³-hybridized carbons (Fsp3) is 0.533. The molecule has 1 saturated heterocycles. The number of amides is 1. The lowest BCUT2D eigenvalue weighted by Gasteiger charge is -2.30. The van der Waals surface area contributed by atoms with Gasteiger partial charge in [0.1, 0.15) is 0 Å². The molecule has 1 aromatic rings. The lowest BCUT2D eigenvalue weighted by atomic mass is 10.1. The standard InChI is InChI=1S/C15H23N3O2/c1-11-8-12(4-5-14(11)16-2)15(19)17-9-13-10-18(3)6-7-20-13/h4-5,8,13,16H,6-7,9-10H2,1-3H3,(H,17,19). The number of carbonyl (C=O) groups is 1. The second-order valence-electron chi connectivity index (χ2n) is 5.24. The van der Waals surface area contributed by atoms with Crippen molar-refractivity contribution in [1.29, 1.82) is 0 Å². The van der Waals surface area contributed by atoms with Gasteiger partial charge in [0.25, 0.3) is 5.91 Å². The van der Waals surface area contributed by atoms with E-state index in [4.69, 9.17) is 4.74 Å². The molecule has 0 saturated carbocycles. The zero-order valence-electron chi connectivity index (χ0n) is 12.4. The fourth-order valence-electron chi connectivity index (χ4n) is 2.38. The number of nitrogens with zero attached hydrogens (tertiary/aromatic N) is 1. The van der Waals surface area contributed by atoms with Gasteiger partial charge < -0.3 is 20.3 Å². The molecule has 20 heavy (non-hydrogen) atoms. The third-order valence-corrected chi connectivity index (χ3v) is 3.59. The maximum Gasteiger partial charge on any atom is 0.251 e. The van der Waals surface area contributed by atoms with E-state index in [2.05, 4.69) is 22.6 Å². The topological polar surface area (TPSA) is 53.6 Å². The van der Waals surface area contributed by atoms with Gasteiger partial charge in [-0.2, -0.15) is 0 Å². The van der Waals surface area contributed by atoms with E-state index in [0.29, 0.717) is 12.1 Å². The Balaban J connectivity index is 1.90. The molecule has 0 spiro atoms. The monoisotopic (exact) mass is 277 g/mol. The molecule has 0 aliphatic carbocycles. The smallest absolute Gasteiger partial charge is 0.251 e. The number of hydrogen-bond acceptors (Lipinski definition) is 4. The molecule has 1 atom stereocenters. The van der Waals surface area contributed by atoms with Crippen molar-refractivity contribution >= 4 is 11.6 Å². The van der Waals surface area contributed by atoms with Gasteiger partial charge >= 0.3 is 0 Å². The van der Waals surface area contributed by atoms with Crippen LogP contribution in [0.15, 0.2) is 18.2 Å². The zero-order valence-corrected chi connectivity index (χ0v) is 12.4. The van der Waals surface area contributed by atoms with Gasteiger partial charge in [-0.25, -0.2) is 0 Å². The molecule has 1 aromatic carbocycles. The Bertz CT molecular complexity index is 476. The van der Waals surface area contributed by atoms with E-state index in [1.807, 2.05) is 32.2 Å². The van der Waals surface area contributed by atoms with Gasteiger partial charge in [-0.05, 0) is 37.7 Å². The Hall–Kier alpha value is -1.59. The summed E-state index contributed by atoms with van der Waals surface area (Å²) in [4.78, 5) is 14.3. The highest BCUT2D eigenvalue weighted by Crippen LogP contribution is 2.15. The van der Waals surface area contributed by atoms with Crippen LogP contribution in [0.2, 0.25) is 0 Å². The van der Waals surface area contributed by atoms with Crippen LogP contribution in [0.4, 0.5) is 5.69 Å². The van der Waals surface area contributed by atoms with Crippen LogP contribution in [0.25, 0.3) is 0 Å². The van der Waals surface area contributed by atoms with Crippen molar-refractivity contribution < 1.29 is 9.53 Å². The van der Waals surface area contributed by atoms with E-state index >= 15 is 0 Å². The summed E-state index contributed by atoms with van der Waals surface area (Å²) in [5, 5.41) is 6.04. The first-order valence-corrected chi connectivity index (χ1v) is 6.97. The van der Waals surface area contributed by atoms with E-state index in [0.717, 1.165) is 30.9 Å². The van der Waals surface area contributed by atoms with Crippen molar-refractivity contribution in [3.05, 3.63) is 29.3 Å². The van der Waals surface area contributed by atoms with E-state index in [-0.39, 0.29) is 12.0 Å². The minimum Gasteiger partial charge on any atom is -0.388 e. The number of morpholine rings is 1. The fourth-order valence-corrected chi connectivity index (χ4v) is 2.38. The Labute approximate surface area is 120 Å². The highest BCUT2D eigenvalue weighted by atomic mass is 16.5. The summed E-state index contributed by atoms with van der Waals surface area (Å²) < 4.78 is 5.63. The van der Waals surface area contributed by atoms with E-state index < -0.39 is 0 Å². The predicted octanol–water partition coefficient (Wildman–Crippen LogP) is 1.10. The predicted molar refractivity (Wildman–Crippen MR) is 80.3 cm³/mol. The van der Waals surface area contributed by atoms with Crippen LogP contribution >= 0.6 is 0 Å². The van der Waals surface area contributed by atoms with Gasteiger partial charge in [0, 0.05) is 37.9 Å². The molecule has 0 aromatic heterocycles. The molecule has 1 aliphatic heterocycles. The molecule has 2 N–H and O–H groups in total. The number of aryl methyl sites for hydroxylation is 1. The third kappa shape index (κ3) is 3.71. The average Bonchev–Trinajstić information content (AvgIpc) is 2.44. The number of benzene rings is 1. The summed E-state index contributed by atoms with van der Waals surface area (Å²) in [5.74, 6) is -0.0485. The van der Waals surface area contributed by atoms with Gasteiger partial charge in [0.15, 0.2) is 0 Å². The molecular weight excluding hydrogens is 254 g/mol. The van der Waals surface area contributed by atoms with Gasteiger partial charge in [-0.15, -0.1) is 0 Å². The Morgan fingerprint density at radius 3 is 2.95 bits per heavy atom. The number of ether oxygens (including phenoxy) is 1. The van der Waals surface area contributed by atoms with Crippen LogP contribution in [-0.2, 0) is 4.74 Å². The quantitative estimate of drug-likeness (QED) is 0.865. The molecule has 0 bridgehead atoms. The SMILES string of the molecule is CNc1ccc(C(=O)NCC2CN(C)CCO2)cc1C. The molecule has 1 amide bonds. The molecule has 1 unspecified atom stereocenters. The van der Waals surface area contributed by atoms with E-state index in [1.165, 1.54) is 0 Å². The van der Waals surface area contributed by atoms with Gasteiger partial charge in [0.2, 0.25) is 0 Å². The maximum absolute atomic E-state index is 12.1. The van der Waals surface area contributed by atoms with Crippen LogP contribution in [0.3, 0.4) is 0 Å². The molecule has 1 fully saturated rings. The molecule has 5 heteroatoms. The number of hydrogen-bond donors (Lipinski definition) is 2. The van der Waals surface area contributed by atoms with Gasteiger partial charge in [-0.3, -0.25) is 4.79 Å². The highest BCUT2D eigenvalue weighted by Gasteiger charge is 2.18. The average molecular weight is 277 g/mol. The van der Waals surface area contributed by atoms with Crippen LogP contribution in [0, 0.1) is 6.92 Å². The lowest BCUT2D eigenvalue weighted by molar-refractivity contribution is -0.0175. The maximum atomic E-state index is 12.1. The number of likely N-dealkylation sites (N-methyl/N-ethyl adjacent to an activating group) is 1. The lowest BCUT2D eigenvalue weighted by Crippen LogP contribution is -2.45. The van der Waals surface area contributed by atoms with Crippen LogP contribution in [0.5, 0.6) is 0 Å². The first-order chi connectivity index (χ1) is 9.60. The molecule has 110 valence electrons. The molecular formula is C15H23N3O2. The minimum absolute atomic E-state index is 0.0485. The van der Waals surface area contributed by atoms with Crippen LogP contribution < -0.4 is 10.6 Å². The van der Waals surface area contributed by atoms with Crippen molar-refractivity contribution in [2.24, 2.45) is 0 Å². The number of anilines is 1. The van der Waals surface area contributed by atoms with E-state index in [1.54, 1.807) is 0 Å². The van der Waals surface area contributed by atoms with E-state index in [9.17, 15) is 4.79 Å². The summed E-state index contributed by atoms with van der Waals surface area (Å²) >= 11 is 0. The summed E-state index contributed by atoms with van der Waals surface area (Å²) in [7, 11) is 3.94. The second-order valence-corrected chi connectivity index (χ2v) is 5.24. The molecule has 1 heterocycles. The van der Waals surface area contributed by atoms with Crippen LogP contribution in [-0.4, -0.2) is 57.2 Å². The first kappa shape index (κ1) is 14.8. The molecule has 2 rings (SSSR count).